The second-order valence-electron chi connectivity index (χ2n) is 4.52. The molecule has 1 aliphatic heterocycles. The minimum atomic E-state index is -0.737. The zero-order chi connectivity index (χ0) is 14.7. The SMILES string of the molecule is COC(=O)c1cc(F)ccc1NC(=O)C1CC(O)CN1. The Bertz CT molecular complexity index is 535. The van der Waals surface area contributed by atoms with Crippen LogP contribution in [0.2, 0.25) is 0 Å². The van der Waals surface area contributed by atoms with Crippen molar-refractivity contribution in [2.75, 3.05) is 19.0 Å². The summed E-state index contributed by atoms with van der Waals surface area (Å²) >= 11 is 0. The van der Waals surface area contributed by atoms with Crippen molar-refractivity contribution in [3.63, 3.8) is 0 Å². The van der Waals surface area contributed by atoms with Crippen molar-refractivity contribution < 1.29 is 23.8 Å². The predicted octanol–water partition coefficient (Wildman–Crippen LogP) is 0.274. The Morgan fingerprint density at radius 1 is 1.50 bits per heavy atom. The van der Waals surface area contributed by atoms with Crippen molar-refractivity contribution in [1.29, 1.82) is 0 Å². The number of hydrogen-bond donors (Lipinski definition) is 3. The van der Waals surface area contributed by atoms with E-state index in [1.165, 1.54) is 13.2 Å². The molecule has 1 amide bonds. The molecular formula is C13H15FN2O4. The number of halogens is 1. The Balaban J connectivity index is 2.16. The molecule has 1 aromatic carbocycles. The smallest absolute Gasteiger partial charge is 0.340 e. The van der Waals surface area contributed by atoms with Crippen LogP contribution in [0.15, 0.2) is 18.2 Å². The lowest BCUT2D eigenvalue weighted by Gasteiger charge is -2.13. The normalized spacial score (nSPS) is 21.6. The molecule has 0 saturated carbocycles. The van der Waals surface area contributed by atoms with Crippen LogP contribution in [0.3, 0.4) is 0 Å². The quantitative estimate of drug-likeness (QED) is 0.693. The number of ether oxygens (including phenoxy) is 1. The van der Waals surface area contributed by atoms with Gasteiger partial charge >= 0.3 is 5.97 Å². The third-order valence-corrected chi connectivity index (χ3v) is 3.07. The number of nitrogens with one attached hydrogen (secondary N) is 2. The highest BCUT2D eigenvalue weighted by Crippen LogP contribution is 2.19. The fraction of sp³-hybridized carbons (Fsp3) is 0.385. The number of anilines is 1. The Hall–Kier alpha value is -1.99. The Morgan fingerprint density at radius 2 is 2.25 bits per heavy atom. The molecular weight excluding hydrogens is 267 g/mol. The van der Waals surface area contributed by atoms with Crippen molar-refractivity contribution >= 4 is 17.6 Å². The number of carbonyl (C=O) groups is 2. The summed E-state index contributed by atoms with van der Waals surface area (Å²) in [6, 6.07) is 2.89. The van der Waals surface area contributed by atoms with Crippen molar-refractivity contribution in [2.24, 2.45) is 0 Å². The molecule has 0 aliphatic carbocycles. The molecule has 2 atom stereocenters. The van der Waals surface area contributed by atoms with Crippen LogP contribution in [0.4, 0.5) is 10.1 Å². The molecule has 0 aromatic heterocycles. The number of benzene rings is 1. The molecule has 6 nitrogen and oxygen atoms in total. The maximum atomic E-state index is 13.2. The van der Waals surface area contributed by atoms with Gasteiger partial charge in [-0.3, -0.25) is 4.79 Å². The van der Waals surface area contributed by atoms with Crippen molar-refractivity contribution in [1.82, 2.24) is 5.32 Å². The van der Waals surface area contributed by atoms with E-state index >= 15 is 0 Å². The van der Waals surface area contributed by atoms with Gasteiger partial charge in [-0.1, -0.05) is 0 Å². The number of carbonyl (C=O) groups excluding carboxylic acids is 2. The van der Waals surface area contributed by atoms with Gasteiger partial charge in [0, 0.05) is 6.54 Å². The monoisotopic (exact) mass is 282 g/mol. The lowest BCUT2D eigenvalue weighted by molar-refractivity contribution is -0.117. The third-order valence-electron chi connectivity index (χ3n) is 3.07. The average Bonchev–Trinajstić information content (AvgIpc) is 2.86. The first kappa shape index (κ1) is 14.4. The summed E-state index contributed by atoms with van der Waals surface area (Å²) in [7, 11) is 1.17. The third kappa shape index (κ3) is 3.12. The average molecular weight is 282 g/mol. The fourth-order valence-corrected chi connectivity index (χ4v) is 2.04. The van der Waals surface area contributed by atoms with E-state index in [1.807, 2.05) is 0 Å². The van der Waals surface area contributed by atoms with Crippen LogP contribution in [0.5, 0.6) is 0 Å². The Labute approximate surface area is 114 Å². The van der Waals surface area contributed by atoms with Gasteiger partial charge in [-0.05, 0) is 24.6 Å². The zero-order valence-corrected chi connectivity index (χ0v) is 10.9. The first-order valence-electron chi connectivity index (χ1n) is 6.11. The van der Waals surface area contributed by atoms with Crippen LogP contribution in [0.1, 0.15) is 16.8 Å². The summed E-state index contributed by atoms with van der Waals surface area (Å²) in [6.45, 7) is 0.339. The van der Waals surface area contributed by atoms with Crippen LogP contribution >= 0.6 is 0 Å². The van der Waals surface area contributed by atoms with Gasteiger partial charge in [-0.25, -0.2) is 9.18 Å². The minimum Gasteiger partial charge on any atom is -0.465 e. The highest BCUT2D eigenvalue weighted by Gasteiger charge is 2.28. The molecule has 7 heteroatoms. The lowest BCUT2D eigenvalue weighted by Crippen LogP contribution is -2.35. The number of hydrogen-bond acceptors (Lipinski definition) is 5. The van der Waals surface area contributed by atoms with Crippen LogP contribution in [0.25, 0.3) is 0 Å². The van der Waals surface area contributed by atoms with E-state index in [-0.39, 0.29) is 11.3 Å². The van der Waals surface area contributed by atoms with E-state index in [9.17, 15) is 19.1 Å². The molecule has 3 N–H and O–H groups in total. The molecule has 1 saturated heterocycles. The second-order valence-corrected chi connectivity index (χ2v) is 4.52. The first-order chi connectivity index (χ1) is 9.51. The second kappa shape index (κ2) is 5.98. The number of aliphatic hydroxyl groups is 1. The highest BCUT2D eigenvalue weighted by atomic mass is 19.1. The number of rotatable bonds is 3. The topological polar surface area (TPSA) is 87.7 Å². The van der Waals surface area contributed by atoms with E-state index in [0.29, 0.717) is 13.0 Å². The molecule has 1 aromatic rings. The molecule has 20 heavy (non-hydrogen) atoms. The summed E-state index contributed by atoms with van der Waals surface area (Å²) in [4.78, 5) is 23.5. The zero-order valence-electron chi connectivity index (χ0n) is 10.9. The van der Waals surface area contributed by atoms with Crippen molar-refractivity contribution in [2.45, 2.75) is 18.6 Å². The number of esters is 1. The molecule has 1 heterocycles. The van der Waals surface area contributed by atoms with Crippen LogP contribution in [-0.4, -0.2) is 42.8 Å². The number of methoxy groups -OCH3 is 1. The number of β-amino-alcohol motifs (C(OH)–C–C–N with tert-alkyl or cyclic N) is 1. The van der Waals surface area contributed by atoms with Crippen molar-refractivity contribution in [3.8, 4) is 0 Å². The number of aliphatic hydroxyl groups excluding tert-OH is 1. The molecule has 2 unspecified atom stereocenters. The molecule has 108 valence electrons. The summed E-state index contributed by atoms with van der Waals surface area (Å²) in [6.07, 6.45) is -0.278. The van der Waals surface area contributed by atoms with Crippen molar-refractivity contribution in [3.05, 3.63) is 29.6 Å². The van der Waals surface area contributed by atoms with Gasteiger partial charge in [0.25, 0.3) is 0 Å². The summed E-state index contributed by atoms with van der Waals surface area (Å²) in [5.41, 5.74) is 0.117. The number of amides is 1. The van der Waals surface area contributed by atoms with Gasteiger partial charge in [-0.15, -0.1) is 0 Å². The molecule has 2 rings (SSSR count). The van der Waals surface area contributed by atoms with E-state index in [0.717, 1.165) is 12.1 Å². The van der Waals surface area contributed by atoms with Gasteiger partial charge in [0.2, 0.25) is 5.91 Å². The van der Waals surface area contributed by atoms with E-state index in [2.05, 4.69) is 15.4 Å². The summed E-state index contributed by atoms with van der Waals surface area (Å²) in [5, 5.41) is 14.7. The maximum Gasteiger partial charge on any atom is 0.340 e. The van der Waals surface area contributed by atoms with Gasteiger partial charge in [0.1, 0.15) is 5.82 Å². The van der Waals surface area contributed by atoms with Crippen LogP contribution < -0.4 is 10.6 Å². The van der Waals surface area contributed by atoms with E-state index in [1.54, 1.807) is 0 Å². The first-order valence-corrected chi connectivity index (χ1v) is 6.11. The van der Waals surface area contributed by atoms with Gasteiger partial charge in [0.05, 0.1) is 30.5 Å². The molecule has 0 spiro atoms. The summed E-state index contributed by atoms with van der Waals surface area (Å²) in [5.74, 6) is -1.73. The molecule has 0 bridgehead atoms. The van der Waals surface area contributed by atoms with E-state index < -0.39 is 29.8 Å². The molecule has 1 fully saturated rings. The van der Waals surface area contributed by atoms with Gasteiger partial charge in [0.15, 0.2) is 0 Å². The Morgan fingerprint density at radius 3 is 2.85 bits per heavy atom. The maximum absolute atomic E-state index is 13.2. The minimum absolute atomic E-state index is 0.0561. The lowest BCUT2D eigenvalue weighted by atomic mass is 10.1. The van der Waals surface area contributed by atoms with Gasteiger partial charge < -0.3 is 20.5 Å². The van der Waals surface area contributed by atoms with Gasteiger partial charge in [-0.2, -0.15) is 0 Å². The fourth-order valence-electron chi connectivity index (χ4n) is 2.04. The van der Waals surface area contributed by atoms with Crippen LogP contribution in [0, 0.1) is 5.82 Å². The predicted molar refractivity (Wildman–Crippen MR) is 68.8 cm³/mol. The molecule has 0 radical (unpaired) electrons. The molecule has 1 aliphatic rings. The summed E-state index contributed by atoms with van der Waals surface area (Å²) < 4.78 is 17.7. The highest BCUT2D eigenvalue weighted by molar-refractivity contribution is 6.02. The van der Waals surface area contributed by atoms with E-state index in [4.69, 9.17) is 0 Å². The standard InChI is InChI=1S/C13H15FN2O4/c1-20-13(19)9-4-7(14)2-3-10(9)16-12(18)11-5-8(17)6-15-11/h2-4,8,11,15,17H,5-6H2,1H3,(H,16,18). The largest absolute Gasteiger partial charge is 0.465 e. The van der Waals surface area contributed by atoms with Crippen LogP contribution in [-0.2, 0) is 9.53 Å². The Kier molecular flexibility index (Phi) is 4.31.